The maximum absolute atomic E-state index is 6.16. The first-order chi connectivity index (χ1) is 7.66. The topological polar surface area (TPSA) is 15.6 Å². The summed E-state index contributed by atoms with van der Waals surface area (Å²) in [5.41, 5.74) is 2.20. The normalized spacial score (nSPS) is 11.0. The van der Waals surface area contributed by atoms with Crippen LogP contribution in [0.2, 0.25) is 5.02 Å². The molecule has 0 aliphatic heterocycles. The molecule has 0 unspecified atom stereocenters. The molecule has 16 heavy (non-hydrogen) atoms. The third kappa shape index (κ3) is 3.53. The summed E-state index contributed by atoms with van der Waals surface area (Å²) in [6.45, 7) is 5.10. The summed E-state index contributed by atoms with van der Waals surface area (Å²) in [6, 6.07) is 5.92. The summed E-state index contributed by atoms with van der Waals surface area (Å²) in [5, 5.41) is 0.768. The lowest BCUT2D eigenvalue weighted by Gasteiger charge is -2.17. The van der Waals surface area contributed by atoms with Crippen LogP contribution in [0.25, 0.3) is 0 Å². The van der Waals surface area contributed by atoms with Gasteiger partial charge in [-0.3, -0.25) is 4.99 Å². The number of aryl methyl sites for hydroxylation is 1. The van der Waals surface area contributed by atoms with Crippen LogP contribution in [-0.4, -0.2) is 19.9 Å². The predicted molar refractivity (Wildman–Crippen MR) is 72.9 cm³/mol. The summed E-state index contributed by atoms with van der Waals surface area (Å²) in [4.78, 5) is 6.34. The number of benzene rings is 1. The van der Waals surface area contributed by atoms with Gasteiger partial charge in [0, 0.05) is 13.6 Å². The molecule has 1 rings (SSSR count). The summed E-state index contributed by atoms with van der Waals surface area (Å²) in [5.74, 6) is 0. The zero-order valence-corrected chi connectivity index (χ0v) is 11.0. The largest absolute Gasteiger partial charge is 0.334 e. The average molecular weight is 239 g/mol. The fourth-order valence-electron chi connectivity index (χ4n) is 1.56. The Hall–Kier alpha value is -1.02. The minimum Gasteiger partial charge on any atom is -0.334 e. The molecule has 0 saturated carbocycles. The van der Waals surface area contributed by atoms with E-state index in [0.717, 1.165) is 29.2 Å². The maximum atomic E-state index is 6.16. The molecule has 0 saturated heterocycles. The Balaban J connectivity index is 2.72. The maximum Gasteiger partial charge on any atom is 0.0892 e. The van der Waals surface area contributed by atoms with Crippen LogP contribution in [0.1, 0.15) is 25.3 Å². The van der Waals surface area contributed by atoms with Gasteiger partial charge >= 0.3 is 0 Å². The van der Waals surface area contributed by atoms with Crippen molar-refractivity contribution in [3.63, 3.8) is 0 Å². The van der Waals surface area contributed by atoms with Gasteiger partial charge in [-0.1, -0.05) is 37.1 Å². The first-order valence-corrected chi connectivity index (χ1v) is 6.02. The lowest BCUT2D eigenvalue weighted by molar-refractivity contribution is 0.808. The Labute approximate surface area is 103 Å². The monoisotopic (exact) mass is 238 g/mol. The molecule has 0 spiro atoms. The zero-order valence-electron chi connectivity index (χ0n) is 10.2. The number of nitrogens with zero attached hydrogens (tertiary/aromatic N) is 2. The van der Waals surface area contributed by atoms with E-state index in [0.29, 0.717) is 0 Å². The van der Waals surface area contributed by atoms with Crippen LogP contribution < -0.4 is 4.90 Å². The number of halogens is 1. The third-order valence-electron chi connectivity index (χ3n) is 2.44. The first kappa shape index (κ1) is 13.0. The molecule has 0 aliphatic rings. The van der Waals surface area contributed by atoms with Crippen LogP contribution in [-0.2, 0) is 0 Å². The Morgan fingerprint density at radius 1 is 1.44 bits per heavy atom. The number of unbranched alkanes of at least 4 members (excludes halogenated alkanes) is 1. The fourth-order valence-corrected chi connectivity index (χ4v) is 1.91. The summed E-state index contributed by atoms with van der Waals surface area (Å²) in [6.07, 6.45) is 4.15. The lowest BCUT2D eigenvalue weighted by Crippen LogP contribution is -2.16. The molecular formula is C13H19ClN2. The zero-order chi connectivity index (χ0) is 12.0. The molecule has 0 atom stereocenters. The van der Waals surface area contributed by atoms with Crippen molar-refractivity contribution in [2.24, 2.45) is 4.99 Å². The first-order valence-electron chi connectivity index (χ1n) is 5.64. The highest BCUT2D eigenvalue weighted by Gasteiger charge is 2.06. The number of hydrogen-bond donors (Lipinski definition) is 0. The van der Waals surface area contributed by atoms with Crippen LogP contribution in [0, 0.1) is 6.92 Å². The van der Waals surface area contributed by atoms with Crippen molar-refractivity contribution < 1.29 is 0 Å². The molecule has 0 N–H and O–H groups in total. The second-order valence-corrected chi connectivity index (χ2v) is 4.30. The van der Waals surface area contributed by atoms with Crippen molar-refractivity contribution in [1.82, 2.24) is 0 Å². The molecule has 0 fully saturated rings. The molecule has 1 aromatic rings. The van der Waals surface area contributed by atoms with Crippen LogP contribution in [0.4, 0.5) is 5.69 Å². The van der Waals surface area contributed by atoms with Crippen molar-refractivity contribution in [2.45, 2.75) is 26.7 Å². The van der Waals surface area contributed by atoms with E-state index < -0.39 is 0 Å². The number of rotatable bonds is 5. The van der Waals surface area contributed by atoms with Crippen molar-refractivity contribution in [3.8, 4) is 0 Å². The minimum absolute atomic E-state index is 0.768. The van der Waals surface area contributed by atoms with E-state index in [9.17, 15) is 0 Å². The molecule has 1 aromatic carbocycles. The van der Waals surface area contributed by atoms with Crippen molar-refractivity contribution in [1.29, 1.82) is 0 Å². The van der Waals surface area contributed by atoms with E-state index in [1.807, 2.05) is 30.4 Å². The average Bonchev–Trinajstić information content (AvgIpc) is 2.24. The lowest BCUT2D eigenvalue weighted by atomic mass is 10.2. The minimum atomic E-state index is 0.768. The quantitative estimate of drug-likeness (QED) is 0.431. The molecule has 0 radical (unpaired) electrons. The van der Waals surface area contributed by atoms with E-state index in [4.69, 9.17) is 11.6 Å². The Kier molecular flexibility index (Phi) is 5.33. The van der Waals surface area contributed by atoms with E-state index in [1.54, 1.807) is 0 Å². The summed E-state index contributed by atoms with van der Waals surface area (Å²) < 4.78 is 0. The molecule has 0 heterocycles. The van der Waals surface area contributed by atoms with Crippen LogP contribution in [0.5, 0.6) is 0 Å². The number of aliphatic imine (C=N–C) groups is 1. The molecule has 2 nitrogen and oxygen atoms in total. The SMILES string of the molecule is CCCCN=CN(C)c1c(C)cccc1Cl. The van der Waals surface area contributed by atoms with Gasteiger partial charge in [0.1, 0.15) is 0 Å². The molecule has 0 aromatic heterocycles. The van der Waals surface area contributed by atoms with Gasteiger partial charge in [0.2, 0.25) is 0 Å². The fraction of sp³-hybridized carbons (Fsp3) is 0.462. The van der Waals surface area contributed by atoms with E-state index >= 15 is 0 Å². The molecular weight excluding hydrogens is 220 g/mol. The smallest absolute Gasteiger partial charge is 0.0892 e. The van der Waals surface area contributed by atoms with Gasteiger partial charge in [-0.05, 0) is 25.0 Å². The molecule has 0 amide bonds. The third-order valence-corrected chi connectivity index (χ3v) is 2.74. The second-order valence-electron chi connectivity index (χ2n) is 3.89. The Morgan fingerprint density at radius 3 is 2.81 bits per heavy atom. The molecule has 0 bridgehead atoms. The molecule has 0 aliphatic carbocycles. The van der Waals surface area contributed by atoms with Crippen LogP contribution >= 0.6 is 11.6 Å². The van der Waals surface area contributed by atoms with Gasteiger partial charge in [-0.25, -0.2) is 0 Å². The summed E-state index contributed by atoms with van der Waals surface area (Å²) in [7, 11) is 1.98. The summed E-state index contributed by atoms with van der Waals surface area (Å²) >= 11 is 6.16. The van der Waals surface area contributed by atoms with Crippen molar-refractivity contribution in [2.75, 3.05) is 18.5 Å². The van der Waals surface area contributed by atoms with E-state index in [-0.39, 0.29) is 0 Å². The van der Waals surface area contributed by atoms with Gasteiger partial charge in [0.15, 0.2) is 0 Å². The van der Waals surface area contributed by atoms with E-state index in [2.05, 4.69) is 24.9 Å². The van der Waals surface area contributed by atoms with Crippen LogP contribution in [0.15, 0.2) is 23.2 Å². The van der Waals surface area contributed by atoms with Gasteiger partial charge < -0.3 is 4.90 Å². The highest BCUT2D eigenvalue weighted by Crippen LogP contribution is 2.27. The molecule has 88 valence electrons. The second kappa shape index (κ2) is 6.54. The highest BCUT2D eigenvalue weighted by molar-refractivity contribution is 6.33. The van der Waals surface area contributed by atoms with Gasteiger partial charge in [-0.15, -0.1) is 0 Å². The number of para-hydroxylation sites is 1. The van der Waals surface area contributed by atoms with Crippen molar-refractivity contribution >= 4 is 23.6 Å². The number of anilines is 1. The highest BCUT2D eigenvalue weighted by atomic mass is 35.5. The van der Waals surface area contributed by atoms with Gasteiger partial charge in [0.25, 0.3) is 0 Å². The van der Waals surface area contributed by atoms with E-state index in [1.165, 1.54) is 6.42 Å². The van der Waals surface area contributed by atoms with Gasteiger partial charge in [-0.2, -0.15) is 0 Å². The molecule has 3 heteroatoms. The number of hydrogen-bond acceptors (Lipinski definition) is 1. The van der Waals surface area contributed by atoms with Gasteiger partial charge in [0.05, 0.1) is 17.0 Å². The standard InChI is InChI=1S/C13H19ClN2/c1-4-5-9-15-10-16(3)13-11(2)7-6-8-12(13)14/h6-8,10H,4-5,9H2,1-3H3. The van der Waals surface area contributed by atoms with Crippen LogP contribution in [0.3, 0.4) is 0 Å². The Morgan fingerprint density at radius 2 is 2.19 bits per heavy atom. The van der Waals surface area contributed by atoms with Crippen molar-refractivity contribution in [3.05, 3.63) is 28.8 Å². The Bertz CT molecular complexity index is 341. The predicted octanol–water partition coefficient (Wildman–Crippen LogP) is 3.91.